The Morgan fingerprint density at radius 1 is 0.654 bits per heavy atom. The van der Waals surface area contributed by atoms with E-state index in [1.165, 1.54) is 96.8 Å². The number of ether oxygens (including phenoxy) is 1. The van der Waals surface area contributed by atoms with Crippen LogP contribution in [0.5, 0.6) is 0 Å². The maximum atomic E-state index is 5.45. The summed E-state index contributed by atoms with van der Waals surface area (Å²) in [5.74, 6) is 0.820. The quantitative estimate of drug-likeness (QED) is 0.251. The zero-order valence-electron chi connectivity index (χ0n) is 18.9. The molecule has 3 nitrogen and oxygen atoms in total. The van der Waals surface area contributed by atoms with Gasteiger partial charge in [0.25, 0.3) is 0 Å². The molecule has 26 heavy (non-hydrogen) atoms. The van der Waals surface area contributed by atoms with Crippen LogP contribution in [0.25, 0.3) is 0 Å². The highest BCUT2D eigenvalue weighted by atomic mass is 16.5. The van der Waals surface area contributed by atoms with E-state index < -0.39 is 0 Å². The summed E-state index contributed by atoms with van der Waals surface area (Å²) in [6.07, 6.45) is 14.7. The maximum absolute atomic E-state index is 5.45. The molecule has 0 amide bonds. The third-order valence-corrected chi connectivity index (χ3v) is 5.28. The van der Waals surface area contributed by atoms with E-state index in [1.54, 1.807) is 0 Å². The lowest BCUT2D eigenvalue weighted by Gasteiger charge is -2.28. The van der Waals surface area contributed by atoms with Crippen LogP contribution in [0.2, 0.25) is 0 Å². The van der Waals surface area contributed by atoms with Crippen LogP contribution in [0.15, 0.2) is 0 Å². The lowest BCUT2D eigenvalue weighted by molar-refractivity contribution is 0.142. The Balaban J connectivity index is 4.13. The fourth-order valence-corrected chi connectivity index (χ4v) is 3.70. The minimum absolute atomic E-state index is 0.820. The summed E-state index contributed by atoms with van der Waals surface area (Å²) < 4.78 is 5.45. The fraction of sp³-hybridized carbons (Fsp3) is 1.00. The van der Waals surface area contributed by atoms with Crippen molar-refractivity contribution in [1.82, 2.24) is 9.80 Å². The van der Waals surface area contributed by atoms with Crippen LogP contribution in [0.3, 0.4) is 0 Å². The first kappa shape index (κ1) is 25.9. The van der Waals surface area contributed by atoms with E-state index in [-0.39, 0.29) is 0 Å². The topological polar surface area (TPSA) is 15.7 Å². The van der Waals surface area contributed by atoms with E-state index in [4.69, 9.17) is 4.74 Å². The molecule has 0 unspecified atom stereocenters. The Labute approximate surface area is 165 Å². The van der Waals surface area contributed by atoms with Crippen LogP contribution in [0.1, 0.15) is 91.4 Å². The standard InChI is InChI=1S/C23H50N2O/c1-6-9-14-18-24(4)21-23(22-25(5)19-15-10-7-2)17-13-11-12-16-20-26-8-3/h23H,6-22H2,1-5H3. The molecule has 0 radical (unpaired) electrons. The van der Waals surface area contributed by atoms with Gasteiger partial charge >= 0.3 is 0 Å². The third kappa shape index (κ3) is 17.3. The summed E-state index contributed by atoms with van der Waals surface area (Å²) in [5, 5.41) is 0. The van der Waals surface area contributed by atoms with Gasteiger partial charge in [-0.3, -0.25) is 0 Å². The molecule has 0 heterocycles. The first-order valence-corrected chi connectivity index (χ1v) is 11.6. The highest BCUT2D eigenvalue weighted by Gasteiger charge is 2.14. The van der Waals surface area contributed by atoms with E-state index in [0.29, 0.717) is 0 Å². The van der Waals surface area contributed by atoms with Gasteiger partial charge in [-0.15, -0.1) is 0 Å². The molecule has 0 aliphatic carbocycles. The summed E-state index contributed by atoms with van der Waals surface area (Å²) in [4.78, 5) is 5.16. The Hall–Kier alpha value is -0.120. The molecule has 0 saturated carbocycles. The van der Waals surface area contributed by atoms with Gasteiger partial charge in [-0.2, -0.15) is 0 Å². The van der Waals surface area contributed by atoms with E-state index in [9.17, 15) is 0 Å². The minimum Gasteiger partial charge on any atom is -0.382 e. The molecule has 0 spiro atoms. The van der Waals surface area contributed by atoms with Gasteiger partial charge in [-0.05, 0) is 65.7 Å². The molecular weight excluding hydrogens is 320 g/mol. The van der Waals surface area contributed by atoms with Crippen molar-refractivity contribution in [3.05, 3.63) is 0 Å². The van der Waals surface area contributed by atoms with Gasteiger partial charge < -0.3 is 14.5 Å². The molecule has 0 N–H and O–H groups in total. The molecule has 0 fully saturated rings. The lowest BCUT2D eigenvalue weighted by atomic mass is 9.99. The van der Waals surface area contributed by atoms with Crippen LogP contribution >= 0.6 is 0 Å². The second-order valence-corrected chi connectivity index (χ2v) is 8.20. The lowest BCUT2D eigenvalue weighted by Crippen LogP contribution is -2.34. The Kier molecular flexibility index (Phi) is 19.5. The van der Waals surface area contributed by atoms with Crippen molar-refractivity contribution >= 4 is 0 Å². The van der Waals surface area contributed by atoms with Crippen LogP contribution in [-0.4, -0.2) is 63.3 Å². The Morgan fingerprint density at radius 2 is 1.19 bits per heavy atom. The smallest absolute Gasteiger partial charge is 0.0465 e. The first-order valence-electron chi connectivity index (χ1n) is 11.6. The molecule has 0 bridgehead atoms. The zero-order valence-corrected chi connectivity index (χ0v) is 18.9. The number of unbranched alkanes of at least 4 members (excludes halogenated alkanes) is 7. The fourth-order valence-electron chi connectivity index (χ4n) is 3.70. The molecule has 0 aliphatic heterocycles. The molecule has 0 aromatic heterocycles. The van der Waals surface area contributed by atoms with E-state index in [2.05, 4.69) is 44.7 Å². The molecule has 0 rings (SSSR count). The van der Waals surface area contributed by atoms with Gasteiger partial charge in [-0.25, -0.2) is 0 Å². The average molecular weight is 371 g/mol. The monoisotopic (exact) mass is 370 g/mol. The van der Waals surface area contributed by atoms with Crippen molar-refractivity contribution in [2.45, 2.75) is 91.4 Å². The second-order valence-electron chi connectivity index (χ2n) is 8.20. The van der Waals surface area contributed by atoms with Crippen LogP contribution in [0, 0.1) is 5.92 Å². The average Bonchev–Trinajstić information content (AvgIpc) is 2.61. The number of rotatable bonds is 20. The normalized spacial score (nSPS) is 12.0. The zero-order chi connectivity index (χ0) is 19.5. The van der Waals surface area contributed by atoms with Gasteiger partial charge in [0.1, 0.15) is 0 Å². The molecule has 0 saturated heterocycles. The van der Waals surface area contributed by atoms with Gasteiger partial charge in [0.15, 0.2) is 0 Å². The van der Waals surface area contributed by atoms with Crippen LogP contribution < -0.4 is 0 Å². The van der Waals surface area contributed by atoms with Gasteiger partial charge in [0.2, 0.25) is 0 Å². The summed E-state index contributed by atoms with van der Waals surface area (Å²) in [5.41, 5.74) is 0. The van der Waals surface area contributed by atoms with E-state index >= 15 is 0 Å². The molecule has 0 aliphatic rings. The summed E-state index contributed by atoms with van der Waals surface area (Å²) in [6.45, 7) is 13.5. The van der Waals surface area contributed by atoms with Gasteiger partial charge in [0.05, 0.1) is 0 Å². The van der Waals surface area contributed by atoms with Crippen molar-refractivity contribution < 1.29 is 4.74 Å². The maximum Gasteiger partial charge on any atom is 0.0465 e. The minimum atomic E-state index is 0.820. The molecule has 0 aromatic carbocycles. The van der Waals surface area contributed by atoms with Crippen molar-refractivity contribution in [1.29, 1.82) is 0 Å². The summed E-state index contributed by atoms with van der Waals surface area (Å²) in [6, 6.07) is 0. The molecule has 158 valence electrons. The molecule has 0 atom stereocenters. The summed E-state index contributed by atoms with van der Waals surface area (Å²) in [7, 11) is 4.64. The van der Waals surface area contributed by atoms with Crippen LogP contribution in [-0.2, 0) is 4.74 Å². The summed E-state index contributed by atoms with van der Waals surface area (Å²) >= 11 is 0. The van der Waals surface area contributed by atoms with Crippen molar-refractivity contribution in [3.63, 3.8) is 0 Å². The SMILES string of the molecule is CCCCCN(C)CC(CCCCCCOCC)CN(C)CCCCC. The molecule has 3 heteroatoms. The number of nitrogens with zero attached hydrogens (tertiary/aromatic N) is 2. The number of hydrogen-bond acceptors (Lipinski definition) is 3. The first-order chi connectivity index (χ1) is 12.6. The van der Waals surface area contributed by atoms with Gasteiger partial charge in [-0.1, -0.05) is 58.8 Å². The molecule has 0 aromatic rings. The second kappa shape index (κ2) is 19.6. The Bertz CT molecular complexity index is 255. The third-order valence-electron chi connectivity index (χ3n) is 5.28. The highest BCUT2D eigenvalue weighted by Crippen LogP contribution is 2.15. The predicted molar refractivity (Wildman–Crippen MR) is 117 cm³/mol. The van der Waals surface area contributed by atoms with Crippen molar-refractivity contribution in [3.8, 4) is 0 Å². The number of hydrogen-bond donors (Lipinski definition) is 0. The van der Waals surface area contributed by atoms with E-state index in [0.717, 1.165) is 19.1 Å². The predicted octanol–water partition coefficient (Wildman–Crippen LogP) is 5.83. The van der Waals surface area contributed by atoms with Crippen molar-refractivity contribution in [2.24, 2.45) is 5.92 Å². The van der Waals surface area contributed by atoms with E-state index in [1.807, 2.05) is 0 Å². The van der Waals surface area contributed by atoms with Gasteiger partial charge in [0, 0.05) is 26.3 Å². The Morgan fingerprint density at radius 3 is 1.69 bits per heavy atom. The van der Waals surface area contributed by atoms with Crippen molar-refractivity contribution in [2.75, 3.05) is 53.5 Å². The highest BCUT2D eigenvalue weighted by molar-refractivity contribution is 4.69. The largest absolute Gasteiger partial charge is 0.382 e. The molecular formula is C23H50N2O. The van der Waals surface area contributed by atoms with Crippen LogP contribution in [0.4, 0.5) is 0 Å².